The van der Waals surface area contributed by atoms with Gasteiger partial charge in [0.25, 0.3) is 0 Å². The van der Waals surface area contributed by atoms with Crippen molar-refractivity contribution in [3.8, 4) is 0 Å². The van der Waals surface area contributed by atoms with Crippen molar-refractivity contribution in [2.45, 2.75) is 32.2 Å². The minimum Gasteiger partial charge on any atom is -0.461 e. The molecule has 24 heavy (non-hydrogen) atoms. The highest BCUT2D eigenvalue weighted by molar-refractivity contribution is 5.73. The third-order valence-corrected chi connectivity index (χ3v) is 4.55. The maximum atomic E-state index is 12.5. The molecule has 0 bridgehead atoms. The second-order valence-corrected chi connectivity index (χ2v) is 6.29. The minimum absolute atomic E-state index is 0.191. The van der Waals surface area contributed by atoms with Gasteiger partial charge in [0.1, 0.15) is 6.61 Å². The molecular formula is C20H24N2O2. The van der Waals surface area contributed by atoms with Crippen LogP contribution in [0.3, 0.4) is 0 Å². The van der Waals surface area contributed by atoms with Crippen LogP contribution < -0.4 is 5.73 Å². The molecule has 4 nitrogen and oxygen atoms in total. The third kappa shape index (κ3) is 4.22. The van der Waals surface area contributed by atoms with Gasteiger partial charge < -0.3 is 10.5 Å². The predicted octanol–water partition coefficient (Wildman–Crippen LogP) is 2.93. The normalized spacial score (nSPS) is 21.4. The average molecular weight is 324 g/mol. The molecule has 0 spiro atoms. The zero-order valence-corrected chi connectivity index (χ0v) is 13.8. The Balaban J connectivity index is 1.57. The lowest BCUT2D eigenvalue weighted by Crippen LogP contribution is -2.53. The zero-order valence-electron chi connectivity index (χ0n) is 13.8. The second-order valence-electron chi connectivity index (χ2n) is 6.29. The molecule has 2 N–H and O–H groups in total. The summed E-state index contributed by atoms with van der Waals surface area (Å²) < 4.78 is 5.49. The van der Waals surface area contributed by atoms with E-state index in [0.717, 1.165) is 31.5 Å². The van der Waals surface area contributed by atoms with Crippen LogP contribution in [0.4, 0.5) is 0 Å². The van der Waals surface area contributed by atoms with Gasteiger partial charge >= 0.3 is 5.97 Å². The van der Waals surface area contributed by atoms with Gasteiger partial charge in [-0.1, -0.05) is 60.7 Å². The molecule has 1 fully saturated rings. The average Bonchev–Trinajstić information content (AvgIpc) is 2.63. The van der Waals surface area contributed by atoms with Crippen LogP contribution >= 0.6 is 0 Å². The smallest absolute Gasteiger partial charge is 0.312 e. The van der Waals surface area contributed by atoms with E-state index < -0.39 is 0 Å². The lowest BCUT2D eigenvalue weighted by Gasteiger charge is -2.37. The number of rotatable bonds is 5. The Kier molecular flexibility index (Phi) is 5.62. The van der Waals surface area contributed by atoms with Crippen molar-refractivity contribution in [3.05, 3.63) is 71.8 Å². The number of nitrogens with two attached hydrogens (primary N) is 1. The van der Waals surface area contributed by atoms with Gasteiger partial charge in [-0.15, -0.1) is 0 Å². The van der Waals surface area contributed by atoms with E-state index >= 15 is 0 Å². The number of piperidine rings is 1. The van der Waals surface area contributed by atoms with Gasteiger partial charge in [-0.2, -0.15) is 0 Å². The summed E-state index contributed by atoms with van der Waals surface area (Å²) in [6.45, 7) is 1.99. The van der Waals surface area contributed by atoms with E-state index in [2.05, 4.69) is 17.0 Å². The number of nitrogens with zero attached hydrogens (tertiary/aromatic N) is 1. The fourth-order valence-corrected chi connectivity index (χ4v) is 3.18. The van der Waals surface area contributed by atoms with Crippen LogP contribution in [-0.4, -0.2) is 23.6 Å². The summed E-state index contributed by atoms with van der Waals surface area (Å²) in [4.78, 5) is 14.6. The van der Waals surface area contributed by atoms with E-state index in [-0.39, 0.29) is 18.1 Å². The highest BCUT2D eigenvalue weighted by atomic mass is 16.5. The Morgan fingerprint density at radius 1 is 1.04 bits per heavy atom. The van der Waals surface area contributed by atoms with Crippen LogP contribution in [0, 0.1) is 5.92 Å². The first-order chi connectivity index (χ1) is 11.7. The molecule has 0 saturated carbocycles. The van der Waals surface area contributed by atoms with Crippen LogP contribution in [0.5, 0.6) is 0 Å². The molecule has 0 amide bonds. The summed E-state index contributed by atoms with van der Waals surface area (Å²) in [5.41, 5.74) is 8.58. The highest BCUT2D eigenvalue weighted by Gasteiger charge is 2.34. The van der Waals surface area contributed by atoms with Crippen LogP contribution in [0.2, 0.25) is 0 Å². The number of carbonyl (C=O) groups excluding carboxylic acids is 1. The van der Waals surface area contributed by atoms with Gasteiger partial charge in [0, 0.05) is 13.1 Å². The van der Waals surface area contributed by atoms with Gasteiger partial charge in [-0.3, -0.25) is 9.69 Å². The van der Waals surface area contributed by atoms with Gasteiger partial charge in [0.15, 0.2) is 0 Å². The van der Waals surface area contributed by atoms with Gasteiger partial charge in [0.2, 0.25) is 0 Å². The van der Waals surface area contributed by atoms with Crippen molar-refractivity contribution >= 4 is 5.97 Å². The van der Waals surface area contributed by atoms with E-state index in [4.69, 9.17) is 10.5 Å². The van der Waals surface area contributed by atoms with Crippen molar-refractivity contribution in [2.24, 2.45) is 11.7 Å². The van der Waals surface area contributed by atoms with Gasteiger partial charge in [0.05, 0.1) is 12.1 Å². The fraction of sp³-hybridized carbons (Fsp3) is 0.350. The van der Waals surface area contributed by atoms with Crippen LogP contribution in [0.1, 0.15) is 24.0 Å². The first kappa shape index (κ1) is 16.7. The number of ether oxygens (including phenoxy) is 1. The maximum absolute atomic E-state index is 12.5. The number of carbonyl (C=O) groups is 1. The van der Waals surface area contributed by atoms with Crippen LogP contribution in [-0.2, 0) is 22.7 Å². The molecule has 0 aliphatic carbocycles. The van der Waals surface area contributed by atoms with E-state index in [1.165, 1.54) is 5.56 Å². The second kappa shape index (κ2) is 8.08. The van der Waals surface area contributed by atoms with Gasteiger partial charge in [-0.25, -0.2) is 0 Å². The SMILES string of the molecule is N[C@@H]1C(C(=O)OCc2ccccc2)CCCN1Cc1ccccc1. The molecule has 126 valence electrons. The van der Waals surface area contributed by atoms with E-state index in [9.17, 15) is 4.79 Å². The monoisotopic (exact) mass is 324 g/mol. The van der Waals surface area contributed by atoms with E-state index in [0.29, 0.717) is 6.61 Å². The number of esters is 1. The molecule has 1 heterocycles. The Labute approximate surface area is 143 Å². The van der Waals surface area contributed by atoms with Crippen LogP contribution in [0.15, 0.2) is 60.7 Å². The molecule has 1 saturated heterocycles. The molecule has 2 aromatic carbocycles. The molecule has 3 rings (SSSR count). The molecule has 4 heteroatoms. The number of likely N-dealkylation sites (tertiary alicyclic amines) is 1. The third-order valence-electron chi connectivity index (χ3n) is 4.55. The van der Waals surface area contributed by atoms with E-state index in [1.807, 2.05) is 48.5 Å². The first-order valence-corrected chi connectivity index (χ1v) is 8.48. The first-order valence-electron chi connectivity index (χ1n) is 8.48. The van der Waals surface area contributed by atoms with Crippen molar-refractivity contribution in [2.75, 3.05) is 6.54 Å². The minimum atomic E-state index is -0.290. The molecule has 2 aromatic rings. The molecule has 1 aliphatic heterocycles. The lowest BCUT2D eigenvalue weighted by atomic mass is 9.94. The summed E-state index contributed by atoms with van der Waals surface area (Å²) in [7, 11) is 0. The Morgan fingerprint density at radius 2 is 1.67 bits per heavy atom. The standard InChI is InChI=1S/C20H24N2O2/c21-19-18(20(23)24-15-17-10-5-2-6-11-17)12-7-13-22(19)14-16-8-3-1-4-9-16/h1-6,8-11,18-19H,7,12-15,21H2/t18?,19-/m0/s1. The summed E-state index contributed by atoms with van der Waals surface area (Å²) in [6, 6.07) is 20.0. The molecule has 0 aromatic heterocycles. The molecule has 2 atom stereocenters. The predicted molar refractivity (Wildman–Crippen MR) is 93.8 cm³/mol. The summed E-state index contributed by atoms with van der Waals surface area (Å²) in [5.74, 6) is -0.449. The molecule has 1 aliphatic rings. The topological polar surface area (TPSA) is 55.6 Å². The van der Waals surface area contributed by atoms with Gasteiger partial charge in [-0.05, 0) is 24.0 Å². The maximum Gasteiger partial charge on any atom is 0.312 e. The van der Waals surface area contributed by atoms with E-state index in [1.54, 1.807) is 0 Å². The van der Waals surface area contributed by atoms with Crippen molar-refractivity contribution in [3.63, 3.8) is 0 Å². The lowest BCUT2D eigenvalue weighted by molar-refractivity contribution is -0.154. The largest absolute Gasteiger partial charge is 0.461 e. The number of benzene rings is 2. The quantitative estimate of drug-likeness (QED) is 0.859. The van der Waals surface area contributed by atoms with Crippen molar-refractivity contribution in [1.82, 2.24) is 4.90 Å². The number of hydrogen-bond donors (Lipinski definition) is 1. The van der Waals surface area contributed by atoms with Crippen molar-refractivity contribution < 1.29 is 9.53 Å². The molecular weight excluding hydrogens is 300 g/mol. The van der Waals surface area contributed by atoms with Crippen molar-refractivity contribution in [1.29, 1.82) is 0 Å². The Morgan fingerprint density at radius 3 is 2.33 bits per heavy atom. The Hall–Kier alpha value is -2.17. The molecule has 1 unspecified atom stereocenters. The highest BCUT2D eigenvalue weighted by Crippen LogP contribution is 2.24. The van der Waals surface area contributed by atoms with Crippen LogP contribution in [0.25, 0.3) is 0 Å². The Bertz CT molecular complexity index is 645. The molecule has 0 radical (unpaired) electrons. The summed E-state index contributed by atoms with van der Waals surface area (Å²) in [5, 5.41) is 0. The number of hydrogen-bond acceptors (Lipinski definition) is 4. The fourth-order valence-electron chi connectivity index (χ4n) is 3.18. The summed E-state index contributed by atoms with van der Waals surface area (Å²) in [6.07, 6.45) is 1.47. The zero-order chi connectivity index (χ0) is 16.8. The summed E-state index contributed by atoms with van der Waals surface area (Å²) >= 11 is 0.